The summed E-state index contributed by atoms with van der Waals surface area (Å²) in [5, 5.41) is 0. The van der Waals surface area contributed by atoms with Crippen LogP contribution in [0.15, 0.2) is 0 Å². The van der Waals surface area contributed by atoms with Crippen LogP contribution in [-0.4, -0.2) is 5.67 Å². The molecule has 0 aromatic carbocycles. The van der Waals surface area contributed by atoms with E-state index in [1.807, 2.05) is 13.8 Å². The third-order valence-corrected chi connectivity index (χ3v) is 5.62. The van der Waals surface area contributed by atoms with Gasteiger partial charge in [0.15, 0.2) is 0 Å². The van der Waals surface area contributed by atoms with E-state index < -0.39 is 5.67 Å². The van der Waals surface area contributed by atoms with E-state index in [-0.39, 0.29) is 16.2 Å². The van der Waals surface area contributed by atoms with E-state index in [0.717, 1.165) is 6.42 Å². The molecule has 0 bridgehead atoms. The smallest absolute Gasteiger partial charge is 0.111 e. The van der Waals surface area contributed by atoms with Gasteiger partial charge in [-0.3, -0.25) is 0 Å². The van der Waals surface area contributed by atoms with Crippen molar-refractivity contribution in [2.24, 2.45) is 16.2 Å². The zero-order valence-electron chi connectivity index (χ0n) is 12.1. The number of hydrogen-bond acceptors (Lipinski definition) is 0. The fourth-order valence-corrected chi connectivity index (χ4v) is 2.03. The Balaban J connectivity index is 5.38. The molecule has 92 valence electrons. The quantitative estimate of drug-likeness (QED) is 0.604. The van der Waals surface area contributed by atoms with E-state index in [9.17, 15) is 4.39 Å². The Kier molecular flexibility index (Phi) is 3.73. The van der Waals surface area contributed by atoms with Gasteiger partial charge in [-0.15, -0.1) is 0 Å². The standard InChI is InChI=1S/C14H29F/c1-10-11(2,3)12(4,5)13(6,7)14(8,9)15/h10H2,1-9H3. The topological polar surface area (TPSA) is 0 Å². The average molecular weight is 216 g/mol. The maximum absolute atomic E-state index is 14.3. The second kappa shape index (κ2) is 3.75. The van der Waals surface area contributed by atoms with Crippen molar-refractivity contribution in [1.29, 1.82) is 0 Å². The second-order valence-electron chi connectivity index (χ2n) is 6.96. The lowest BCUT2D eigenvalue weighted by Gasteiger charge is -2.56. The zero-order valence-corrected chi connectivity index (χ0v) is 12.1. The minimum Gasteiger partial charge on any atom is -0.244 e. The van der Waals surface area contributed by atoms with Crippen LogP contribution in [0.5, 0.6) is 0 Å². The first kappa shape index (κ1) is 14.9. The van der Waals surface area contributed by atoms with Gasteiger partial charge in [0.1, 0.15) is 5.67 Å². The van der Waals surface area contributed by atoms with E-state index in [4.69, 9.17) is 0 Å². The molecule has 0 aliphatic carbocycles. The summed E-state index contributed by atoms with van der Waals surface area (Å²) in [4.78, 5) is 0. The third-order valence-electron chi connectivity index (χ3n) is 5.62. The van der Waals surface area contributed by atoms with Crippen LogP contribution in [0.1, 0.15) is 68.7 Å². The number of halogens is 1. The molecule has 0 aliphatic rings. The van der Waals surface area contributed by atoms with Crippen molar-refractivity contribution in [3.05, 3.63) is 0 Å². The van der Waals surface area contributed by atoms with Gasteiger partial charge in [0, 0.05) is 5.41 Å². The summed E-state index contributed by atoms with van der Waals surface area (Å²) in [6.45, 7) is 18.5. The molecule has 0 amide bonds. The number of rotatable bonds is 4. The molecule has 0 aromatic rings. The lowest BCUT2D eigenvalue weighted by atomic mass is 9.50. The highest BCUT2D eigenvalue weighted by atomic mass is 19.1. The van der Waals surface area contributed by atoms with Gasteiger partial charge in [-0.2, -0.15) is 0 Å². The summed E-state index contributed by atoms with van der Waals surface area (Å²) >= 11 is 0. The molecule has 0 unspecified atom stereocenters. The molecule has 0 radical (unpaired) electrons. The lowest BCUT2D eigenvalue weighted by molar-refractivity contribution is -0.107. The molecule has 0 saturated heterocycles. The van der Waals surface area contributed by atoms with Gasteiger partial charge >= 0.3 is 0 Å². The maximum Gasteiger partial charge on any atom is 0.111 e. The van der Waals surface area contributed by atoms with E-state index in [1.54, 1.807) is 13.8 Å². The molecule has 0 rings (SSSR count). The Morgan fingerprint density at radius 2 is 1.07 bits per heavy atom. The van der Waals surface area contributed by atoms with E-state index in [2.05, 4.69) is 34.6 Å². The fraction of sp³-hybridized carbons (Fsp3) is 1.00. The highest BCUT2D eigenvalue weighted by molar-refractivity contribution is 5.02. The second-order valence-corrected chi connectivity index (χ2v) is 6.96. The molecule has 0 atom stereocenters. The molecule has 0 heterocycles. The van der Waals surface area contributed by atoms with E-state index >= 15 is 0 Å². The van der Waals surface area contributed by atoms with E-state index in [0.29, 0.717) is 0 Å². The van der Waals surface area contributed by atoms with Crippen molar-refractivity contribution in [2.75, 3.05) is 0 Å². The van der Waals surface area contributed by atoms with Gasteiger partial charge in [0.25, 0.3) is 0 Å². The molecule has 0 fully saturated rings. The number of hydrogen-bond donors (Lipinski definition) is 0. The zero-order chi connectivity index (χ0) is 12.7. The summed E-state index contributed by atoms with van der Waals surface area (Å²) in [5.74, 6) is 0. The van der Waals surface area contributed by atoms with Gasteiger partial charge in [0.2, 0.25) is 0 Å². The molecular formula is C14H29F. The largest absolute Gasteiger partial charge is 0.244 e. The first-order valence-electron chi connectivity index (χ1n) is 6.00. The van der Waals surface area contributed by atoms with Gasteiger partial charge in [-0.1, -0.05) is 54.9 Å². The van der Waals surface area contributed by atoms with Crippen molar-refractivity contribution in [3.63, 3.8) is 0 Å². The van der Waals surface area contributed by atoms with Crippen LogP contribution in [-0.2, 0) is 0 Å². The molecule has 0 spiro atoms. The fourth-order valence-electron chi connectivity index (χ4n) is 2.03. The van der Waals surface area contributed by atoms with Gasteiger partial charge in [-0.25, -0.2) is 4.39 Å². The summed E-state index contributed by atoms with van der Waals surface area (Å²) in [7, 11) is 0. The monoisotopic (exact) mass is 216 g/mol. The predicted octanol–water partition coefficient (Wildman–Crippen LogP) is 5.22. The van der Waals surface area contributed by atoms with Crippen LogP contribution in [0.2, 0.25) is 0 Å². The Bertz CT molecular complexity index is 216. The maximum atomic E-state index is 14.3. The predicted molar refractivity (Wildman–Crippen MR) is 66.8 cm³/mol. The minimum absolute atomic E-state index is 0.0486. The van der Waals surface area contributed by atoms with Crippen LogP contribution < -0.4 is 0 Å². The Labute approximate surface area is 95.6 Å². The van der Waals surface area contributed by atoms with Gasteiger partial charge in [-0.05, 0) is 24.7 Å². The summed E-state index contributed by atoms with van der Waals surface area (Å²) in [5.41, 5.74) is -1.42. The van der Waals surface area contributed by atoms with Crippen molar-refractivity contribution in [3.8, 4) is 0 Å². The summed E-state index contributed by atoms with van der Waals surface area (Å²) in [6, 6.07) is 0. The van der Waals surface area contributed by atoms with Crippen LogP contribution in [0.4, 0.5) is 4.39 Å². The van der Waals surface area contributed by atoms with E-state index in [1.165, 1.54) is 0 Å². The third kappa shape index (κ3) is 2.21. The lowest BCUT2D eigenvalue weighted by Crippen LogP contribution is -2.53. The Hall–Kier alpha value is -0.0700. The molecule has 0 aliphatic heterocycles. The highest BCUT2D eigenvalue weighted by Crippen LogP contribution is 2.58. The Morgan fingerprint density at radius 3 is 1.27 bits per heavy atom. The normalized spacial score (nSPS) is 15.6. The summed E-state index contributed by atoms with van der Waals surface area (Å²) in [6.07, 6.45) is 1.07. The molecule has 0 N–H and O–H groups in total. The van der Waals surface area contributed by atoms with Crippen LogP contribution in [0.3, 0.4) is 0 Å². The number of alkyl halides is 1. The first-order valence-corrected chi connectivity index (χ1v) is 6.00. The molecule has 0 nitrogen and oxygen atoms in total. The average Bonchev–Trinajstić information content (AvgIpc) is 2.01. The highest BCUT2D eigenvalue weighted by Gasteiger charge is 2.54. The van der Waals surface area contributed by atoms with Crippen LogP contribution >= 0.6 is 0 Å². The molecule has 0 aromatic heterocycles. The van der Waals surface area contributed by atoms with Crippen molar-refractivity contribution in [1.82, 2.24) is 0 Å². The van der Waals surface area contributed by atoms with Crippen molar-refractivity contribution in [2.45, 2.75) is 74.4 Å². The van der Waals surface area contributed by atoms with Gasteiger partial charge < -0.3 is 0 Å². The van der Waals surface area contributed by atoms with Gasteiger partial charge in [0.05, 0.1) is 0 Å². The van der Waals surface area contributed by atoms with Crippen LogP contribution in [0.25, 0.3) is 0 Å². The Morgan fingerprint density at radius 1 is 0.733 bits per heavy atom. The molecule has 0 saturated carbocycles. The van der Waals surface area contributed by atoms with Crippen molar-refractivity contribution < 1.29 is 4.39 Å². The first-order chi connectivity index (χ1) is 6.31. The SMILES string of the molecule is CCC(C)(C)C(C)(C)C(C)(C)C(C)(C)F. The molecule has 1 heteroatoms. The van der Waals surface area contributed by atoms with Crippen molar-refractivity contribution >= 4 is 0 Å². The molecular weight excluding hydrogens is 187 g/mol. The van der Waals surface area contributed by atoms with Crippen LogP contribution in [0, 0.1) is 16.2 Å². The minimum atomic E-state index is -1.16. The summed E-state index contributed by atoms with van der Waals surface area (Å²) < 4.78 is 14.3. The molecule has 15 heavy (non-hydrogen) atoms.